The van der Waals surface area contributed by atoms with Crippen molar-refractivity contribution in [1.82, 2.24) is 29.9 Å². The Morgan fingerprint density at radius 2 is 0.538 bits per heavy atom. The number of hydrogen-bond donors (Lipinski definition) is 0. The van der Waals surface area contributed by atoms with Crippen molar-refractivity contribution in [3.05, 3.63) is 230 Å². The van der Waals surface area contributed by atoms with Gasteiger partial charge in [-0.1, -0.05) is 158 Å². The lowest BCUT2D eigenvalue weighted by Gasteiger charge is -2.42. The number of aromatic nitrogens is 6. The molecule has 0 atom stereocenters. The van der Waals surface area contributed by atoms with Crippen molar-refractivity contribution in [2.75, 3.05) is 0 Å². The van der Waals surface area contributed by atoms with Crippen LogP contribution in [0.15, 0.2) is 238 Å². The van der Waals surface area contributed by atoms with E-state index in [4.69, 9.17) is 29.9 Å². The molecule has 10 aromatic rings. The normalized spacial score (nSPS) is 11.3. The standard InChI is InChI=1S/C56H36N8S/c57-37-43-35-47(31-33-49(43)55-61-51(39-19-7-1-8-20-39)59-52(62-55)40-21-9-2-10-22-40)65(45-27-15-5-16-28-45,46-29-17-6-18-30-46)48-32-34-50(44(36-48)38-58)56-63-53(41-23-11-3-12-24-41)60-54(64-56)42-25-13-4-14-26-42/h1-36H. The fourth-order valence-corrected chi connectivity index (χ4v) is 11.8. The maximum atomic E-state index is 11.0. The van der Waals surface area contributed by atoms with Gasteiger partial charge in [-0.15, -0.1) is 10.0 Å². The summed E-state index contributed by atoms with van der Waals surface area (Å²) in [6, 6.07) is 76.7. The minimum atomic E-state index is -2.39. The number of hydrogen-bond acceptors (Lipinski definition) is 8. The first-order valence-corrected chi connectivity index (χ1v) is 22.5. The van der Waals surface area contributed by atoms with Gasteiger partial charge in [0.15, 0.2) is 34.9 Å². The van der Waals surface area contributed by atoms with Gasteiger partial charge in [0.1, 0.15) is 0 Å². The van der Waals surface area contributed by atoms with Gasteiger partial charge in [0.25, 0.3) is 0 Å². The molecule has 8 nitrogen and oxygen atoms in total. The van der Waals surface area contributed by atoms with Crippen LogP contribution in [0.5, 0.6) is 0 Å². The van der Waals surface area contributed by atoms with Crippen LogP contribution in [0.4, 0.5) is 0 Å². The lowest BCUT2D eigenvalue weighted by atomic mass is 10.1. The maximum Gasteiger partial charge on any atom is 0.165 e. The molecule has 10 rings (SSSR count). The van der Waals surface area contributed by atoms with Crippen LogP contribution in [-0.2, 0) is 0 Å². The topological polar surface area (TPSA) is 125 Å². The molecule has 0 fully saturated rings. The van der Waals surface area contributed by atoms with Crippen LogP contribution >= 0.6 is 10.0 Å². The first kappa shape index (κ1) is 40.2. The molecule has 0 bridgehead atoms. The molecular formula is C56H36N8S. The molecule has 0 aliphatic heterocycles. The zero-order chi connectivity index (χ0) is 44.0. The molecule has 0 spiro atoms. The number of nitrogens with zero attached hydrogens (tertiary/aromatic N) is 8. The molecule has 0 saturated carbocycles. The zero-order valence-electron chi connectivity index (χ0n) is 34.8. The van der Waals surface area contributed by atoms with Crippen LogP contribution in [0.25, 0.3) is 68.3 Å². The molecule has 306 valence electrons. The summed E-state index contributed by atoms with van der Waals surface area (Å²) in [4.78, 5) is 33.5. The Hall–Kier alpha value is -8.89. The van der Waals surface area contributed by atoms with Gasteiger partial charge in [0.05, 0.1) is 23.3 Å². The van der Waals surface area contributed by atoms with Crippen LogP contribution < -0.4 is 0 Å². The Labute approximate surface area is 378 Å². The summed E-state index contributed by atoms with van der Waals surface area (Å²) in [6.07, 6.45) is 0. The summed E-state index contributed by atoms with van der Waals surface area (Å²) in [7, 11) is -2.39. The van der Waals surface area contributed by atoms with Gasteiger partial charge in [-0.3, -0.25) is 0 Å². The Balaban J connectivity index is 1.18. The molecule has 0 saturated heterocycles. The summed E-state index contributed by atoms with van der Waals surface area (Å²) < 4.78 is 0. The van der Waals surface area contributed by atoms with Gasteiger partial charge in [-0.25, -0.2) is 29.9 Å². The average molecular weight is 853 g/mol. The fourth-order valence-electron chi connectivity index (χ4n) is 7.93. The number of rotatable bonds is 10. The molecule has 0 N–H and O–H groups in total. The predicted molar refractivity (Wildman–Crippen MR) is 255 cm³/mol. The third-order valence-corrected chi connectivity index (χ3v) is 14.9. The van der Waals surface area contributed by atoms with E-state index in [-0.39, 0.29) is 0 Å². The van der Waals surface area contributed by atoms with Crippen molar-refractivity contribution in [2.45, 2.75) is 19.6 Å². The summed E-state index contributed by atoms with van der Waals surface area (Å²) in [5.74, 6) is 2.79. The average Bonchev–Trinajstić information content (AvgIpc) is 3.40. The Bertz CT molecular complexity index is 3030. The van der Waals surface area contributed by atoms with Crippen LogP contribution in [-0.4, -0.2) is 29.9 Å². The fraction of sp³-hybridized carbons (Fsp3) is 0. The van der Waals surface area contributed by atoms with Crippen LogP contribution in [0.1, 0.15) is 11.1 Å². The van der Waals surface area contributed by atoms with E-state index in [0.717, 1.165) is 41.8 Å². The highest BCUT2D eigenvalue weighted by molar-refractivity contribution is 8.34. The van der Waals surface area contributed by atoms with E-state index in [1.165, 1.54) is 0 Å². The van der Waals surface area contributed by atoms with Crippen LogP contribution in [0, 0.1) is 22.7 Å². The molecule has 0 amide bonds. The molecule has 2 aromatic heterocycles. The van der Waals surface area contributed by atoms with Crippen molar-refractivity contribution in [3.63, 3.8) is 0 Å². The van der Waals surface area contributed by atoms with Crippen LogP contribution in [0.2, 0.25) is 0 Å². The monoisotopic (exact) mass is 852 g/mol. The molecule has 65 heavy (non-hydrogen) atoms. The van der Waals surface area contributed by atoms with Crippen molar-refractivity contribution < 1.29 is 0 Å². The predicted octanol–water partition coefficient (Wildman–Crippen LogP) is 13.1. The van der Waals surface area contributed by atoms with E-state index < -0.39 is 10.0 Å². The largest absolute Gasteiger partial charge is 0.208 e. The molecule has 9 heteroatoms. The lowest BCUT2D eigenvalue weighted by molar-refractivity contribution is 1.07. The highest BCUT2D eigenvalue weighted by Gasteiger charge is 2.35. The number of benzene rings is 8. The minimum absolute atomic E-state index is 0.388. The first-order valence-electron chi connectivity index (χ1n) is 20.9. The third kappa shape index (κ3) is 7.81. The van der Waals surface area contributed by atoms with Crippen molar-refractivity contribution >= 4 is 10.0 Å². The lowest BCUT2D eigenvalue weighted by Crippen LogP contribution is -2.07. The molecule has 0 unspecified atom stereocenters. The summed E-state index contributed by atoms with van der Waals surface area (Å²) >= 11 is 0. The van der Waals surface area contributed by atoms with E-state index in [9.17, 15) is 10.5 Å². The van der Waals surface area contributed by atoms with E-state index in [2.05, 4.69) is 48.5 Å². The highest BCUT2D eigenvalue weighted by Crippen LogP contribution is 2.73. The molecular weight excluding hydrogens is 817 g/mol. The Kier molecular flexibility index (Phi) is 11.0. The highest BCUT2D eigenvalue weighted by atomic mass is 32.3. The molecule has 0 aliphatic carbocycles. The van der Waals surface area contributed by atoms with E-state index in [1.54, 1.807) is 0 Å². The molecule has 8 aromatic carbocycles. The molecule has 2 heterocycles. The Morgan fingerprint density at radius 3 is 0.815 bits per heavy atom. The Morgan fingerprint density at radius 1 is 0.277 bits per heavy atom. The number of nitriles is 2. The third-order valence-electron chi connectivity index (χ3n) is 11.0. The first-order chi connectivity index (χ1) is 32.1. The minimum Gasteiger partial charge on any atom is -0.208 e. The van der Waals surface area contributed by atoms with Crippen molar-refractivity contribution in [3.8, 4) is 80.5 Å². The quantitative estimate of drug-likeness (QED) is 0.133. The van der Waals surface area contributed by atoms with Gasteiger partial charge in [0, 0.05) is 53.0 Å². The smallest absolute Gasteiger partial charge is 0.165 e. The zero-order valence-corrected chi connectivity index (χ0v) is 35.6. The van der Waals surface area contributed by atoms with Crippen molar-refractivity contribution in [2.24, 2.45) is 0 Å². The van der Waals surface area contributed by atoms with E-state index >= 15 is 0 Å². The summed E-state index contributed by atoms with van der Waals surface area (Å²) in [5, 5.41) is 22.1. The second-order valence-electron chi connectivity index (χ2n) is 15.0. The second kappa shape index (κ2) is 17.8. The molecule has 0 radical (unpaired) electrons. The van der Waals surface area contributed by atoms with Gasteiger partial charge in [-0.2, -0.15) is 10.5 Å². The van der Waals surface area contributed by atoms with Gasteiger partial charge in [0.2, 0.25) is 0 Å². The molecule has 0 aliphatic rings. The summed E-state index contributed by atoms with van der Waals surface area (Å²) in [5.41, 5.74) is 5.30. The maximum absolute atomic E-state index is 11.0. The van der Waals surface area contributed by atoms with Gasteiger partial charge in [-0.05, 0) is 60.7 Å². The van der Waals surface area contributed by atoms with E-state index in [1.807, 2.05) is 182 Å². The van der Waals surface area contributed by atoms with Crippen LogP contribution in [0.3, 0.4) is 0 Å². The second-order valence-corrected chi connectivity index (χ2v) is 18.1. The van der Waals surface area contributed by atoms with Crippen molar-refractivity contribution in [1.29, 1.82) is 10.5 Å². The van der Waals surface area contributed by atoms with E-state index in [0.29, 0.717) is 57.2 Å². The SMILES string of the molecule is N#Cc1cc(S(c2ccccc2)(c2ccccc2)c2ccc(-c3nc(-c4ccccc4)nc(-c4ccccc4)n3)c(C#N)c2)ccc1-c1nc(-c2ccccc2)nc(-c2ccccc2)n1. The van der Waals surface area contributed by atoms with Gasteiger partial charge < -0.3 is 0 Å². The summed E-state index contributed by atoms with van der Waals surface area (Å²) in [6.45, 7) is 0. The van der Waals surface area contributed by atoms with Gasteiger partial charge >= 0.3 is 0 Å².